The standard InChI is InChI=1S/C20H23NO4S2/c1-2-15(19(23)24)25-16-11-7-6-8-13(16)12-17-18(22)21(20(26)27-17)14-9-4-3-5-10-14/h6-8,11-12,14-15H,2-5,9-10H2,1H3,(H,23,24)/b17-12+. The van der Waals surface area contributed by atoms with E-state index >= 15 is 0 Å². The first-order valence-corrected chi connectivity index (χ1v) is 10.5. The Morgan fingerprint density at radius 3 is 2.74 bits per heavy atom. The number of para-hydroxylation sites is 1. The maximum absolute atomic E-state index is 12.9. The average Bonchev–Trinajstić information content (AvgIpc) is 2.94. The van der Waals surface area contributed by atoms with E-state index in [-0.39, 0.29) is 11.9 Å². The molecule has 0 radical (unpaired) electrons. The van der Waals surface area contributed by atoms with Gasteiger partial charge < -0.3 is 9.84 Å². The molecule has 0 aromatic heterocycles. The summed E-state index contributed by atoms with van der Waals surface area (Å²) in [5.41, 5.74) is 0.682. The Balaban J connectivity index is 1.83. The summed E-state index contributed by atoms with van der Waals surface area (Å²) in [4.78, 5) is 26.5. The molecule has 1 aromatic carbocycles. The van der Waals surface area contributed by atoms with Gasteiger partial charge in [-0.3, -0.25) is 9.69 Å². The molecule has 0 bridgehead atoms. The van der Waals surface area contributed by atoms with E-state index in [2.05, 4.69) is 0 Å². The van der Waals surface area contributed by atoms with E-state index in [4.69, 9.17) is 17.0 Å². The monoisotopic (exact) mass is 405 g/mol. The number of carboxylic acids is 1. The van der Waals surface area contributed by atoms with Gasteiger partial charge in [0.25, 0.3) is 5.91 Å². The molecule has 27 heavy (non-hydrogen) atoms. The summed E-state index contributed by atoms with van der Waals surface area (Å²) in [6.07, 6.45) is 6.66. The molecule has 1 unspecified atom stereocenters. The molecule has 5 nitrogen and oxygen atoms in total. The lowest BCUT2D eigenvalue weighted by molar-refractivity contribution is -0.145. The van der Waals surface area contributed by atoms with E-state index in [0.717, 1.165) is 25.7 Å². The van der Waals surface area contributed by atoms with E-state index in [1.54, 1.807) is 30.0 Å². The van der Waals surface area contributed by atoms with Crippen molar-refractivity contribution in [1.82, 2.24) is 4.90 Å². The number of ether oxygens (including phenoxy) is 1. The predicted octanol–water partition coefficient (Wildman–Crippen LogP) is 4.46. The topological polar surface area (TPSA) is 66.8 Å². The molecule has 1 saturated heterocycles. The summed E-state index contributed by atoms with van der Waals surface area (Å²) in [6, 6.07) is 7.35. The lowest BCUT2D eigenvalue weighted by Gasteiger charge is -2.29. The van der Waals surface area contributed by atoms with Crippen LogP contribution in [0.2, 0.25) is 0 Å². The molecular weight excluding hydrogens is 382 g/mol. The number of thiocarbonyl (C=S) groups is 1. The maximum Gasteiger partial charge on any atom is 0.344 e. The van der Waals surface area contributed by atoms with Crippen molar-refractivity contribution < 1.29 is 19.4 Å². The van der Waals surface area contributed by atoms with Gasteiger partial charge in [-0.2, -0.15) is 0 Å². The molecular formula is C20H23NO4S2. The first kappa shape index (κ1) is 19.9. The van der Waals surface area contributed by atoms with Crippen molar-refractivity contribution in [2.24, 2.45) is 0 Å². The van der Waals surface area contributed by atoms with Gasteiger partial charge in [-0.1, -0.05) is 68.4 Å². The van der Waals surface area contributed by atoms with E-state index in [1.807, 2.05) is 12.1 Å². The molecule has 2 aliphatic rings. The van der Waals surface area contributed by atoms with Crippen LogP contribution >= 0.6 is 24.0 Å². The minimum atomic E-state index is -1.00. The first-order valence-electron chi connectivity index (χ1n) is 9.26. The van der Waals surface area contributed by atoms with Crippen LogP contribution in [-0.2, 0) is 9.59 Å². The SMILES string of the molecule is CCC(Oc1ccccc1/C=C1/SC(=S)N(C2CCCCC2)C1=O)C(=O)O. The van der Waals surface area contributed by atoms with Crippen molar-refractivity contribution in [2.75, 3.05) is 0 Å². The number of carbonyl (C=O) groups is 2. The van der Waals surface area contributed by atoms with Crippen molar-refractivity contribution in [3.05, 3.63) is 34.7 Å². The summed E-state index contributed by atoms with van der Waals surface area (Å²) < 4.78 is 6.27. The van der Waals surface area contributed by atoms with E-state index < -0.39 is 12.1 Å². The number of amides is 1. The molecule has 1 N–H and O–H groups in total. The van der Waals surface area contributed by atoms with Gasteiger partial charge in [0.15, 0.2) is 6.10 Å². The van der Waals surface area contributed by atoms with Crippen LogP contribution in [0.25, 0.3) is 6.08 Å². The number of benzene rings is 1. The zero-order valence-corrected chi connectivity index (χ0v) is 16.9. The van der Waals surface area contributed by atoms with E-state index in [0.29, 0.717) is 27.0 Å². The molecule has 1 saturated carbocycles. The van der Waals surface area contributed by atoms with Crippen molar-refractivity contribution in [2.45, 2.75) is 57.6 Å². The maximum atomic E-state index is 12.9. The fourth-order valence-corrected chi connectivity index (χ4v) is 4.84. The second kappa shape index (κ2) is 8.89. The number of aliphatic carboxylic acids is 1. The minimum absolute atomic E-state index is 0.0584. The summed E-state index contributed by atoms with van der Waals surface area (Å²) in [6.45, 7) is 1.76. The molecule has 1 aliphatic carbocycles. The Morgan fingerprint density at radius 1 is 1.37 bits per heavy atom. The number of rotatable bonds is 6. The summed E-state index contributed by atoms with van der Waals surface area (Å²) in [7, 11) is 0. The summed E-state index contributed by atoms with van der Waals surface area (Å²) >= 11 is 6.77. The van der Waals surface area contributed by atoms with Crippen LogP contribution in [-0.4, -0.2) is 38.3 Å². The van der Waals surface area contributed by atoms with Gasteiger partial charge in [0.05, 0.1) is 4.91 Å². The largest absolute Gasteiger partial charge is 0.479 e. The number of thioether (sulfide) groups is 1. The molecule has 1 aliphatic heterocycles. The van der Waals surface area contributed by atoms with Crippen LogP contribution in [0.1, 0.15) is 51.0 Å². The molecule has 1 aromatic rings. The lowest BCUT2D eigenvalue weighted by Crippen LogP contribution is -2.39. The Morgan fingerprint density at radius 2 is 2.07 bits per heavy atom. The number of hydrogen-bond acceptors (Lipinski definition) is 5. The zero-order chi connectivity index (χ0) is 19.4. The van der Waals surface area contributed by atoms with Crippen LogP contribution in [0.3, 0.4) is 0 Å². The first-order chi connectivity index (χ1) is 13.0. The average molecular weight is 406 g/mol. The molecule has 0 spiro atoms. The van der Waals surface area contributed by atoms with Gasteiger partial charge in [-0.25, -0.2) is 4.79 Å². The van der Waals surface area contributed by atoms with Gasteiger partial charge in [0.2, 0.25) is 0 Å². The Labute approximate surface area is 168 Å². The van der Waals surface area contributed by atoms with Gasteiger partial charge in [-0.05, 0) is 31.4 Å². The third kappa shape index (κ3) is 4.52. The van der Waals surface area contributed by atoms with Gasteiger partial charge in [-0.15, -0.1) is 0 Å². The Hall–Kier alpha value is -1.86. The molecule has 1 atom stereocenters. The van der Waals surface area contributed by atoms with Crippen molar-refractivity contribution in [3.63, 3.8) is 0 Å². The molecule has 1 amide bonds. The number of nitrogens with zero attached hydrogens (tertiary/aromatic N) is 1. The Bertz CT molecular complexity index is 771. The highest BCUT2D eigenvalue weighted by molar-refractivity contribution is 8.26. The second-order valence-electron chi connectivity index (χ2n) is 6.73. The smallest absolute Gasteiger partial charge is 0.344 e. The van der Waals surface area contributed by atoms with Crippen LogP contribution in [0.15, 0.2) is 29.2 Å². The van der Waals surface area contributed by atoms with Gasteiger partial charge in [0.1, 0.15) is 10.1 Å². The number of carboxylic acid groups (broad SMARTS) is 1. The third-order valence-corrected chi connectivity index (χ3v) is 6.21. The fraction of sp³-hybridized carbons (Fsp3) is 0.450. The predicted molar refractivity (Wildman–Crippen MR) is 111 cm³/mol. The quantitative estimate of drug-likeness (QED) is 0.557. The van der Waals surface area contributed by atoms with E-state index in [1.165, 1.54) is 18.2 Å². The van der Waals surface area contributed by atoms with Gasteiger partial charge in [0, 0.05) is 11.6 Å². The Kier molecular flexibility index (Phi) is 6.55. The van der Waals surface area contributed by atoms with Crippen molar-refractivity contribution in [1.29, 1.82) is 0 Å². The van der Waals surface area contributed by atoms with Crippen molar-refractivity contribution >= 4 is 46.3 Å². The summed E-state index contributed by atoms with van der Waals surface area (Å²) in [5, 5.41) is 9.24. The second-order valence-corrected chi connectivity index (χ2v) is 8.41. The van der Waals surface area contributed by atoms with Crippen LogP contribution in [0, 0.1) is 0 Å². The highest BCUT2D eigenvalue weighted by Gasteiger charge is 2.37. The molecule has 144 valence electrons. The minimum Gasteiger partial charge on any atom is -0.479 e. The highest BCUT2D eigenvalue weighted by Crippen LogP contribution is 2.38. The van der Waals surface area contributed by atoms with Gasteiger partial charge >= 0.3 is 5.97 Å². The molecule has 7 heteroatoms. The molecule has 1 heterocycles. The third-order valence-electron chi connectivity index (χ3n) is 4.88. The van der Waals surface area contributed by atoms with Crippen LogP contribution in [0.5, 0.6) is 5.75 Å². The normalized spacial score (nSPS) is 20.9. The summed E-state index contributed by atoms with van der Waals surface area (Å²) in [5.74, 6) is -0.609. The zero-order valence-electron chi connectivity index (χ0n) is 15.2. The molecule has 3 rings (SSSR count). The molecule has 2 fully saturated rings. The lowest BCUT2D eigenvalue weighted by atomic mass is 9.94. The van der Waals surface area contributed by atoms with Crippen molar-refractivity contribution in [3.8, 4) is 5.75 Å². The van der Waals surface area contributed by atoms with Crippen LogP contribution in [0.4, 0.5) is 0 Å². The fourth-order valence-electron chi connectivity index (χ4n) is 3.44. The van der Waals surface area contributed by atoms with E-state index in [9.17, 15) is 14.7 Å². The number of carbonyl (C=O) groups excluding carboxylic acids is 1. The van der Waals surface area contributed by atoms with Crippen LogP contribution < -0.4 is 4.74 Å². The highest BCUT2D eigenvalue weighted by atomic mass is 32.2. The number of hydrogen-bond donors (Lipinski definition) is 1.